The third kappa shape index (κ3) is 1.95. The average molecular weight is 234 g/mol. The minimum atomic E-state index is -0.917. The molecule has 0 amide bonds. The molecule has 0 unspecified atom stereocenters. The largest absolute Gasteiger partial charge is 0.477 e. The molecular weight excluding hydrogens is 220 g/mol. The molecule has 90 valence electrons. The molecule has 0 atom stereocenters. The van der Waals surface area contributed by atoms with Crippen LogP contribution in [0.4, 0.5) is 0 Å². The Morgan fingerprint density at radius 2 is 2.18 bits per heavy atom. The van der Waals surface area contributed by atoms with Crippen molar-refractivity contribution in [2.75, 3.05) is 0 Å². The second-order valence-corrected chi connectivity index (χ2v) is 4.08. The molecule has 0 saturated heterocycles. The van der Waals surface area contributed by atoms with Crippen molar-refractivity contribution in [2.45, 2.75) is 27.3 Å². The lowest BCUT2D eigenvalue weighted by Crippen LogP contribution is -2.10. The Morgan fingerprint density at radius 1 is 1.47 bits per heavy atom. The van der Waals surface area contributed by atoms with Gasteiger partial charge in [-0.3, -0.25) is 0 Å². The van der Waals surface area contributed by atoms with Crippen molar-refractivity contribution in [3.63, 3.8) is 0 Å². The number of nitrogens with zero attached hydrogens (tertiary/aromatic N) is 2. The summed E-state index contributed by atoms with van der Waals surface area (Å²) in [6, 6.07) is 1.79. The molecule has 0 aromatic carbocycles. The third-order valence-electron chi connectivity index (χ3n) is 2.88. The summed E-state index contributed by atoms with van der Waals surface area (Å²) >= 11 is 0. The second-order valence-electron chi connectivity index (χ2n) is 4.08. The first-order valence-corrected chi connectivity index (χ1v) is 5.31. The summed E-state index contributed by atoms with van der Waals surface area (Å²) in [6.07, 6.45) is 1.77. The van der Waals surface area contributed by atoms with Crippen LogP contribution >= 0.6 is 0 Å². The molecule has 2 heterocycles. The number of hydrogen-bond donors (Lipinski definition) is 1. The van der Waals surface area contributed by atoms with Crippen LogP contribution in [0.2, 0.25) is 0 Å². The van der Waals surface area contributed by atoms with Gasteiger partial charge in [0.15, 0.2) is 0 Å². The van der Waals surface area contributed by atoms with E-state index in [9.17, 15) is 4.79 Å². The lowest BCUT2D eigenvalue weighted by atomic mass is 10.2. The van der Waals surface area contributed by atoms with Crippen molar-refractivity contribution < 1.29 is 14.4 Å². The summed E-state index contributed by atoms with van der Waals surface area (Å²) in [6.45, 7) is 5.93. The molecular formula is C12H14N2O3. The standard InChI is InChI=1S/C12H14N2O3/c1-7-4-5-14(11(7)12(15)16)6-10-8(2)13-17-9(10)3/h4-5H,6H2,1-3H3,(H,15,16). The van der Waals surface area contributed by atoms with Crippen molar-refractivity contribution in [1.82, 2.24) is 9.72 Å². The third-order valence-corrected chi connectivity index (χ3v) is 2.88. The summed E-state index contributed by atoms with van der Waals surface area (Å²) < 4.78 is 6.76. The van der Waals surface area contributed by atoms with Gasteiger partial charge in [-0.05, 0) is 32.4 Å². The first-order chi connectivity index (χ1) is 8.00. The van der Waals surface area contributed by atoms with Gasteiger partial charge in [-0.1, -0.05) is 5.16 Å². The van der Waals surface area contributed by atoms with E-state index in [1.54, 1.807) is 23.8 Å². The highest BCUT2D eigenvalue weighted by atomic mass is 16.5. The van der Waals surface area contributed by atoms with Gasteiger partial charge in [0.05, 0.1) is 12.2 Å². The molecule has 5 nitrogen and oxygen atoms in total. The topological polar surface area (TPSA) is 68.3 Å². The van der Waals surface area contributed by atoms with Gasteiger partial charge in [0.1, 0.15) is 11.5 Å². The Labute approximate surface area is 98.7 Å². The number of aromatic nitrogens is 2. The summed E-state index contributed by atoms with van der Waals surface area (Å²) in [5, 5.41) is 13.0. The highest BCUT2D eigenvalue weighted by molar-refractivity contribution is 5.87. The summed E-state index contributed by atoms with van der Waals surface area (Å²) in [7, 11) is 0. The Bertz CT molecular complexity index is 547. The second kappa shape index (κ2) is 4.08. The zero-order chi connectivity index (χ0) is 12.6. The van der Waals surface area contributed by atoms with Gasteiger partial charge in [-0.2, -0.15) is 0 Å². The number of carboxylic acids is 1. The molecule has 5 heteroatoms. The number of hydrogen-bond acceptors (Lipinski definition) is 3. The molecule has 17 heavy (non-hydrogen) atoms. The molecule has 0 saturated carbocycles. The van der Waals surface area contributed by atoms with E-state index in [2.05, 4.69) is 5.16 Å². The van der Waals surface area contributed by atoms with Gasteiger partial charge < -0.3 is 14.2 Å². The molecule has 0 aliphatic rings. The van der Waals surface area contributed by atoms with Crippen LogP contribution in [0.5, 0.6) is 0 Å². The zero-order valence-corrected chi connectivity index (χ0v) is 10.0. The monoisotopic (exact) mass is 234 g/mol. The number of carboxylic acid groups (broad SMARTS) is 1. The molecule has 0 fully saturated rings. The maximum absolute atomic E-state index is 11.1. The fourth-order valence-corrected chi connectivity index (χ4v) is 1.90. The minimum absolute atomic E-state index is 0.310. The van der Waals surface area contributed by atoms with Crippen molar-refractivity contribution in [2.24, 2.45) is 0 Å². The van der Waals surface area contributed by atoms with Crippen LogP contribution in [0, 0.1) is 20.8 Å². The molecule has 0 aliphatic carbocycles. The lowest BCUT2D eigenvalue weighted by Gasteiger charge is -2.06. The van der Waals surface area contributed by atoms with Crippen LogP contribution in [0.1, 0.15) is 33.1 Å². The van der Waals surface area contributed by atoms with Gasteiger partial charge in [0.2, 0.25) is 0 Å². The molecule has 0 bridgehead atoms. The molecule has 0 spiro atoms. The van der Waals surface area contributed by atoms with Gasteiger partial charge in [0.25, 0.3) is 0 Å². The molecule has 0 aliphatic heterocycles. The van der Waals surface area contributed by atoms with Crippen LogP contribution in [0.3, 0.4) is 0 Å². The van der Waals surface area contributed by atoms with Crippen molar-refractivity contribution in [1.29, 1.82) is 0 Å². The molecule has 2 rings (SSSR count). The zero-order valence-electron chi connectivity index (χ0n) is 10.0. The summed E-state index contributed by atoms with van der Waals surface area (Å²) in [4.78, 5) is 11.1. The molecule has 1 N–H and O–H groups in total. The Morgan fingerprint density at radius 3 is 2.71 bits per heavy atom. The van der Waals surface area contributed by atoms with Crippen LogP contribution in [0.25, 0.3) is 0 Å². The quantitative estimate of drug-likeness (QED) is 0.883. The van der Waals surface area contributed by atoms with Crippen LogP contribution < -0.4 is 0 Å². The normalized spacial score (nSPS) is 10.8. The number of aromatic carboxylic acids is 1. The predicted molar refractivity (Wildman–Crippen MR) is 61.2 cm³/mol. The number of aryl methyl sites for hydroxylation is 3. The van der Waals surface area contributed by atoms with E-state index in [4.69, 9.17) is 9.63 Å². The van der Waals surface area contributed by atoms with E-state index in [0.29, 0.717) is 12.2 Å². The minimum Gasteiger partial charge on any atom is -0.477 e. The van der Waals surface area contributed by atoms with E-state index < -0.39 is 5.97 Å². The Balaban J connectivity index is 2.40. The van der Waals surface area contributed by atoms with E-state index in [0.717, 1.165) is 22.6 Å². The highest BCUT2D eigenvalue weighted by Gasteiger charge is 2.16. The Hall–Kier alpha value is -2.04. The smallest absolute Gasteiger partial charge is 0.352 e. The van der Waals surface area contributed by atoms with Crippen LogP contribution in [-0.2, 0) is 6.54 Å². The molecule has 2 aromatic heterocycles. The maximum atomic E-state index is 11.1. The maximum Gasteiger partial charge on any atom is 0.352 e. The van der Waals surface area contributed by atoms with E-state index in [1.807, 2.05) is 13.8 Å². The first kappa shape index (κ1) is 11.4. The number of rotatable bonds is 3. The average Bonchev–Trinajstić information content (AvgIpc) is 2.76. The van der Waals surface area contributed by atoms with Crippen molar-refractivity contribution in [3.05, 3.63) is 40.5 Å². The predicted octanol–water partition coefficient (Wildman–Crippen LogP) is 2.15. The van der Waals surface area contributed by atoms with Gasteiger partial charge in [0, 0.05) is 11.8 Å². The van der Waals surface area contributed by atoms with Crippen LogP contribution in [0.15, 0.2) is 16.8 Å². The van der Waals surface area contributed by atoms with Gasteiger partial charge >= 0.3 is 5.97 Å². The van der Waals surface area contributed by atoms with Crippen molar-refractivity contribution >= 4 is 5.97 Å². The molecule has 0 radical (unpaired) electrons. The van der Waals surface area contributed by atoms with E-state index in [-0.39, 0.29) is 0 Å². The molecule has 2 aromatic rings. The summed E-state index contributed by atoms with van der Waals surface area (Å²) in [5.74, 6) is -0.190. The van der Waals surface area contributed by atoms with E-state index >= 15 is 0 Å². The van der Waals surface area contributed by atoms with Gasteiger partial charge in [-0.15, -0.1) is 0 Å². The van der Waals surface area contributed by atoms with Crippen molar-refractivity contribution in [3.8, 4) is 0 Å². The highest BCUT2D eigenvalue weighted by Crippen LogP contribution is 2.17. The first-order valence-electron chi connectivity index (χ1n) is 5.31. The Kier molecular flexibility index (Phi) is 2.75. The number of carbonyl (C=O) groups is 1. The lowest BCUT2D eigenvalue weighted by molar-refractivity contribution is 0.0685. The fourth-order valence-electron chi connectivity index (χ4n) is 1.90. The fraction of sp³-hybridized carbons (Fsp3) is 0.333. The SMILES string of the molecule is Cc1ccn(Cc2c(C)noc2C)c1C(=O)O. The van der Waals surface area contributed by atoms with Gasteiger partial charge in [-0.25, -0.2) is 4.79 Å². The summed E-state index contributed by atoms with van der Waals surface area (Å²) in [5.41, 5.74) is 2.79. The van der Waals surface area contributed by atoms with E-state index in [1.165, 1.54) is 0 Å². The van der Waals surface area contributed by atoms with Crippen LogP contribution in [-0.4, -0.2) is 20.8 Å².